The zero-order chi connectivity index (χ0) is 27.9. The van der Waals surface area contributed by atoms with Crippen LogP contribution in [-0.2, 0) is 27.4 Å². The van der Waals surface area contributed by atoms with E-state index in [2.05, 4.69) is 25.6 Å². The molecule has 208 valence electrons. The molecule has 2 aromatic carbocycles. The number of carbonyl (C=O) groups excluding carboxylic acids is 2. The number of fused-ring (bicyclic) bond motifs is 1. The van der Waals surface area contributed by atoms with Crippen LogP contribution in [0.5, 0.6) is 5.75 Å². The number of hydrogen-bond acceptors (Lipinski definition) is 9. The highest BCUT2D eigenvalue weighted by atomic mass is 16.5. The molecular weight excluding hydrogens is 512 g/mol. The second-order valence-electron chi connectivity index (χ2n) is 9.57. The van der Waals surface area contributed by atoms with Gasteiger partial charge in [-0.05, 0) is 35.7 Å². The van der Waals surface area contributed by atoms with Crippen LogP contribution in [0.1, 0.15) is 17.5 Å². The molecule has 2 aromatic heterocycles. The number of nitrogens with zero attached hydrogens (tertiary/aromatic N) is 4. The normalized spacial score (nSPS) is 17.2. The van der Waals surface area contributed by atoms with Crippen molar-refractivity contribution in [2.24, 2.45) is 5.92 Å². The summed E-state index contributed by atoms with van der Waals surface area (Å²) in [4.78, 5) is 31.9. The number of piperidine rings is 1. The average molecular weight is 545 g/mol. The molecule has 2 atom stereocenters. The summed E-state index contributed by atoms with van der Waals surface area (Å²) in [6, 6.07) is 18.7. The number of carbonyl (C=O) groups is 2. The Hall–Kier alpha value is -4.64. The Morgan fingerprint density at radius 2 is 1.93 bits per heavy atom. The van der Waals surface area contributed by atoms with Crippen LogP contribution in [-0.4, -0.2) is 64.9 Å². The van der Waals surface area contributed by atoms with Gasteiger partial charge in [-0.3, -0.25) is 9.69 Å². The van der Waals surface area contributed by atoms with Gasteiger partial charge in [-0.15, -0.1) is 0 Å². The maximum atomic E-state index is 12.7. The third-order valence-electron chi connectivity index (χ3n) is 6.98. The van der Waals surface area contributed by atoms with E-state index in [1.54, 1.807) is 11.6 Å². The van der Waals surface area contributed by atoms with Gasteiger partial charge in [0.05, 0.1) is 20.1 Å². The van der Waals surface area contributed by atoms with Crippen LogP contribution in [0, 0.1) is 5.92 Å². The summed E-state index contributed by atoms with van der Waals surface area (Å²) in [6.07, 6.45) is 3.40. The smallest absolute Gasteiger partial charge is 0.407 e. The number of rotatable bonds is 9. The fourth-order valence-electron chi connectivity index (χ4n) is 4.96. The molecule has 0 spiro atoms. The maximum Gasteiger partial charge on any atom is 0.407 e. The third-order valence-corrected chi connectivity index (χ3v) is 6.98. The number of alkyl carbamates (subject to hydrolysis) is 1. The second-order valence-corrected chi connectivity index (χ2v) is 9.57. The van der Waals surface area contributed by atoms with Crippen molar-refractivity contribution in [2.75, 3.05) is 32.6 Å². The van der Waals surface area contributed by atoms with Crippen molar-refractivity contribution in [3.63, 3.8) is 0 Å². The molecule has 0 unspecified atom stereocenters. The highest BCUT2D eigenvalue weighted by molar-refractivity contribution is 5.77. The molecule has 0 bridgehead atoms. The van der Waals surface area contributed by atoms with Gasteiger partial charge < -0.3 is 24.8 Å². The molecule has 0 saturated carbocycles. The minimum absolute atomic E-state index is 0.157. The van der Waals surface area contributed by atoms with Crippen molar-refractivity contribution in [2.45, 2.75) is 25.6 Å². The molecule has 3 heterocycles. The summed E-state index contributed by atoms with van der Waals surface area (Å²) in [5.41, 5.74) is 3.57. The van der Waals surface area contributed by atoms with Crippen molar-refractivity contribution in [1.82, 2.24) is 24.8 Å². The average Bonchev–Trinajstić information content (AvgIpc) is 3.40. The summed E-state index contributed by atoms with van der Waals surface area (Å²) in [7, 11) is 2.99. The van der Waals surface area contributed by atoms with Crippen LogP contribution in [0.4, 0.5) is 16.3 Å². The van der Waals surface area contributed by atoms with E-state index in [1.807, 2.05) is 66.9 Å². The quantitative estimate of drug-likeness (QED) is 0.304. The van der Waals surface area contributed by atoms with Crippen LogP contribution in [0.15, 0.2) is 73.2 Å². The lowest BCUT2D eigenvalue weighted by Gasteiger charge is -2.37. The Balaban J connectivity index is 1.27. The lowest BCUT2D eigenvalue weighted by molar-refractivity contribution is -0.148. The van der Waals surface area contributed by atoms with E-state index in [-0.39, 0.29) is 12.6 Å². The van der Waals surface area contributed by atoms with Gasteiger partial charge >= 0.3 is 12.1 Å². The molecule has 11 heteroatoms. The van der Waals surface area contributed by atoms with Crippen LogP contribution < -0.4 is 15.4 Å². The minimum Gasteiger partial charge on any atom is -0.497 e. The molecular formula is C29H32N6O5. The SMILES string of the molecule is COC(=O)[C@H]1CN(Cc2ccn3ncnc(Nc4cccc(OC)c4)c23)CC[C@@H]1NC(=O)OCc1ccccc1. The lowest BCUT2D eigenvalue weighted by atomic mass is 9.92. The van der Waals surface area contributed by atoms with E-state index < -0.39 is 18.1 Å². The molecule has 1 aliphatic rings. The van der Waals surface area contributed by atoms with E-state index in [0.29, 0.717) is 31.9 Å². The Kier molecular flexibility index (Phi) is 8.41. The summed E-state index contributed by atoms with van der Waals surface area (Å²) in [6.45, 7) is 1.81. The fraction of sp³-hybridized carbons (Fsp3) is 0.310. The third kappa shape index (κ3) is 6.32. The number of methoxy groups -OCH3 is 2. The predicted octanol–water partition coefficient (Wildman–Crippen LogP) is 3.77. The molecule has 0 radical (unpaired) electrons. The highest BCUT2D eigenvalue weighted by Crippen LogP contribution is 2.27. The van der Waals surface area contributed by atoms with Crippen molar-refractivity contribution in [1.29, 1.82) is 0 Å². The summed E-state index contributed by atoms with van der Waals surface area (Å²) in [5.74, 6) is 0.483. The number of anilines is 2. The van der Waals surface area contributed by atoms with Crippen molar-refractivity contribution < 1.29 is 23.8 Å². The van der Waals surface area contributed by atoms with Gasteiger partial charge in [0.1, 0.15) is 24.2 Å². The van der Waals surface area contributed by atoms with Crippen molar-refractivity contribution in [3.05, 3.63) is 84.3 Å². The molecule has 5 rings (SSSR count). The number of nitrogens with one attached hydrogen (secondary N) is 2. The monoisotopic (exact) mass is 544 g/mol. The molecule has 2 N–H and O–H groups in total. The van der Waals surface area contributed by atoms with Gasteiger partial charge in [0.15, 0.2) is 5.82 Å². The molecule has 1 amide bonds. The minimum atomic E-state index is -0.556. The largest absolute Gasteiger partial charge is 0.497 e. The van der Waals surface area contributed by atoms with Gasteiger partial charge in [-0.25, -0.2) is 14.3 Å². The topological polar surface area (TPSA) is 119 Å². The lowest BCUT2D eigenvalue weighted by Crippen LogP contribution is -2.53. The summed E-state index contributed by atoms with van der Waals surface area (Å²) >= 11 is 0. The Labute approximate surface area is 232 Å². The number of aromatic nitrogens is 3. The number of amides is 1. The van der Waals surface area contributed by atoms with Gasteiger partial charge in [0.2, 0.25) is 0 Å². The first kappa shape index (κ1) is 26.9. The van der Waals surface area contributed by atoms with E-state index in [1.165, 1.54) is 13.4 Å². The Morgan fingerprint density at radius 3 is 2.73 bits per heavy atom. The first-order chi connectivity index (χ1) is 19.5. The Bertz CT molecular complexity index is 1460. The molecule has 1 aliphatic heterocycles. The first-order valence-electron chi connectivity index (χ1n) is 13.0. The van der Waals surface area contributed by atoms with Crippen LogP contribution in [0.3, 0.4) is 0 Å². The number of benzene rings is 2. The van der Waals surface area contributed by atoms with Crippen LogP contribution >= 0.6 is 0 Å². The summed E-state index contributed by atoms with van der Waals surface area (Å²) < 4.78 is 17.6. The molecule has 40 heavy (non-hydrogen) atoms. The molecule has 4 aromatic rings. The van der Waals surface area contributed by atoms with E-state index in [4.69, 9.17) is 14.2 Å². The number of esters is 1. The highest BCUT2D eigenvalue weighted by Gasteiger charge is 2.36. The zero-order valence-corrected chi connectivity index (χ0v) is 22.4. The zero-order valence-electron chi connectivity index (χ0n) is 22.4. The van der Waals surface area contributed by atoms with E-state index in [9.17, 15) is 9.59 Å². The van der Waals surface area contributed by atoms with E-state index in [0.717, 1.165) is 28.1 Å². The predicted molar refractivity (Wildman–Crippen MR) is 148 cm³/mol. The van der Waals surface area contributed by atoms with E-state index >= 15 is 0 Å². The standard InChI is InChI=1S/C29H32N6O5/c1-38-23-10-6-9-22(15-23)32-27-26-21(11-14-35(26)31-19-30-27)16-34-13-12-25(24(17-34)28(36)39-2)33-29(37)40-18-20-7-4-3-5-8-20/h3-11,14-15,19,24-25H,12-13,16-18H2,1-2H3,(H,33,37)(H,30,31,32)/t24-,25-/m0/s1. The first-order valence-corrected chi connectivity index (χ1v) is 13.0. The van der Waals surface area contributed by atoms with Gasteiger partial charge in [0, 0.05) is 43.6 Å². The molecule has 1 fully saturated rings. The molecule has 11 nitrogen and oxygen atoms in total. The van der Waals surface area contributed by atoms with Crippen LogP contribution in [0.2, 0.25) is 0 Å². The Morgan fingerprint density at radius 1 is 1.07 bits per heavy atom. The summed E-state index contributed by atoms with van der Waals surface area (Å²) in [5, 5.41) is 10.6. The molecule has 1 saturated heterocycles. The number of likely N-dealkylation sites (tertiary alicyclic amines) is 1. The van der Waals surface area contributed by atoms with Crippen molar-refractivity contribution >= 4 is 29.1 Å². The second kappa shape index (κ2) is 12.5. The van der Waals surface area contributed by atoms with Crippen LogP contribution in [0.25, 0.3) is 5.52 Å². The molecule has 0 aliphatic carbocycles. The van der Waals surface area contributed by atoms with Gasteiger partial charge in [-0.1, -0.05) is 36.4 Å². The fourth-order valence-corrected chi connectivity index (χ4v) is 4.96. The van der Waals surface area contributed by atoms with Gasteiger partial charge in [-0.2, -0.15) is 5.10 Å². The van der Waals surface area contributed by atoms with Gasteiger partial charge in [0.25, 0.3) is 0 Å². The van der Waals surface area contributed by atoms with Crippen molar-refractivity contribution in [3.8, 4) is 5.75 Å². The number of ether oxygens (including phenoxy) is 3. The maximum absolute atomic E-state index is 12.7. The number of hydrogen-bond donors (Lipinski definition) is 2.